The molecule has 2 heterocycles. The topological polar surface area (TPSA) is 121 Å². The third kappa shape index (κ3) is 2.41. The van der Waals surface area contributed by atoms with Gasteiger partial charge in [-0.05, 0) is 12.1 Å². The molecule has 0 radical (unpaired) electrons. The van der Waals surface area contributed by atoms with Gasteiger partial charge in [0.05, 0.1) is 13.3 Å². The Morgan fingerprint density at radius 3 is 2.37 bits per heavy atom. The molecule has 0 aromatic carbocycles. The number of sulfonamides is 1. The van der Waals surface area contributed by atoms with Crippen LogP contribution in [0.5, 0.6) is 5.75 Å². The van der Waals surface area contributed by atoms with Crippen molar-refractivity contribution in [2.75, 3.05) is 13.4 Å². The van der Waals surface area contributed by atoms with Crippen LogP contribution in [-0.2, 0) is 19.9 Å². The van der Waals surface area contributed by atoms with Crippen LogP contribution in [0.4, 0.5) is 0 Å². The number of nitrogens with two attached hydrogens (primary N) is 1. The zero-order valence-corrected chi connectivity index (χ0v) is 11.7. The van der Waals surface area contributed by atoms with Gasteiger partial charge in [-0.25, -0.2) is 27.0 Å². The molecule has 0 spiro atoms. The molecule has 10 heteroatoms. The van der Waals surface area contributed by atoms with E-state index in [0.29, 0.717) is 5.75 Å². The van der Waals surface area contributed by atoms with Crippen LogP contribution in [0.2, 0.25) is 0 Å². The Morgan fingerprint density at radius 1 is 1.26 bits per heavy atom. The summed E-state index contributed by atoms with van der Waals surface area (Å²) in [5.41, 5.74) is 0.144. The predicted octanol–water partition coefficient (Wildman–Crippen LogP) is -0.606. The molecule has 2 rings (SSSR count). The van der Waals surface area contributed by atoms with E-state index < -0.39 is 29.9 Å². The van der Waals surface area contributed by atoms with Crippen LogP contribution >= 0.6 is 0 Å². The highest BCUT2D eigenvalue weighted by Gasteiger charge is 2.28. The maximum Gasteiger partial charge on any atom is 0.257 e. The summed E-state index contributed by atoms with van der Waals surface area (Å²) in [6.07, 6.45) is 2.16. The minimum atomic E-state index is -4.26. The number of nitrogens with zero attached hydrogens (tertiary/aromatic N) is 2. The summed E-state index contributed by atoms with van der Waals surface area (Å²) < 4.78 is 52.4. The molecule has 0 amide bonds. The Kier molecular flexibility index (Phi) is 3.03. The molecule has 104 valence electrons. The molecule has 0 unspecified atom stereocenters. The number of sulfone groups is 1. The van der Waals surface area contributed by atoms with Crippen LogP contribution in [-0.4, -0.2) is 39.6 Å². The summed E-state index contributed by atoms with van der Waals surface area (Å²) in [7, 11) is -6.69. The second-order valence-electron chi connectivity index (χ2n) is 3.84. The fourth-order valence-corrected chi connectivity index (χ4v) is 3.79. The highest BCUT2D eigenvalue weighted by Crippen LogP contribution is 2.23. The highest BCUT2D eigenvalue weighted by molar-refractivity contribution is 7.93. The van der Waals surface area contributed by atoms with Gasteiger partial charge in [0.2, 0.25) is 0 Å². The molecular formula is C9H11N3O5S2. The van der Waals surface area contributed by atoms with E-state index >= 15 is 0 Å². The molecule has 0 aliphatic heterocycles. The molecule has 2 aromatic rings. The van der Waals surface area contributed by atoms with Gasteiger partial charge < -0.3 is 4.74 Å². The number of primary sulfonamides is 1. The smallest absolute Gasteiger partial charge is 0.257 e. The van der Waals surface area contributed by atoms with Crippen LogP contribution in [0.25, 0.3) is 5.65 Å². The van der Waals surface area contributed by atoms with Crippen molar-refractivity contribution >= 4 is 25.5 Å². The van der Waals surface area contributed by atoms with Crippen molar-refractivity contribution in [3.05, 3.63) is 18.3 Å². The Hall–Kier alpha value is -1.65. The lowest BCUT2D eigenvalue weighted by atomic mass is 10.4. The molecule has 0 aliphatic rings. The van der Waals surface area contributed by atoms with E-state index in [2.05, 4.69) is 4.98 Å². The van der Waals surface area contributed by atoms with E-state index in [0.717, 1.165) is 10.7 Å². The molecule has 2 aromatic heterocycles. The average molecular weight is 305 g/mol. The van der Waals surface area contributed by atoms with Gasteiger partial charge in [-0.2, -0.15) is 0 Å². The highest BCUT2D eigenvalue weighted by atomic mass is 32.2. The number of fused-ring (bicyclic) bond motifs is 1. The first kappa shape index (κ1) is 13.8. The van der Waals surface area contributed by atoms with Crippen LogP contribution < -0.4 is 9.88 Å². The number of hydrogen-bond acceptors (Lipinski definition) is 6. The van der Waals surface area contributed by atoms with Crippen molar-refractivity contribution in [3.63, 3.8) is 0 Å². The minimum absolute atomic E-state index is 0.144. The number of ether oxygens (including phenoxy) is 1. The van der Waals surface area contributed by atoms with Crippen molar-refractivity contribution < 1.29 is 21.6 Å². The quantitative estimate of drug-likeness (QED) is 0.807. The van der Waals surface area contributed by atoms with Gasteiger partial charge in [-0.15, -0.1) is 0 Å². The number of pyridine rings is 1. The van der Waals surface area contributed by atoms with Crippen LogP contribution in [0.1, 0.15) is 0 Å². The fourth-order valence-electron chi connectivity index (χ4n) is 1.60. The summed E-state index contributed by atoms with van der Waals surface area (Å²) >= 11 is 0. The van der Waals surface area contributed by atoms with Crippen molar-refractivity contribution in [1.82, 2.24) is 9.38 Å². The first-order chi connectivity index (χ1) is 8.64. The van der Waals surface area contributed by atoms with E-state index in [1.165, 1.54) is 25.4 Å². The molecule has 0 saturated carbocycles. The second-order valence-corrected chi connectivity index (χ2v) is 7.24. The molecule has 0 saturated heterocycles. The third-order valence-electron chi connectivity index (χ3n) is 2.37. The van der Waals surface area contributed by atoms with E-state index in [9.17, 15) is 16.8 Å². The minimum Gasteiger partial charge on any atom is -0.495 e. The largest absolute Gasteiger partial charge is 0.495 e. The lowest BCUT2D eigenvalue weighted by Gasteiger charge is -2.03. The maximum absolute atomic E-state index is 11.6. The van der Waals surface area contributed by atoms with Gasteiger partial charge in [0.1, 0.15) is 11.4 Å². The first-order valence-corrected chi connectivity index (χ1v) is 8.37. The second kappa shape index (κ2) is 4.18. The Labute approximate surface area is 109 Å². The van der Waals surface area contributed by atoms with Crippen molar-refractivity contribution in [1.29, 1.82) is 0 Å². The van der Waals surface area contributed by atoms with Gasteiger partial charge >= 0.3 is 0 Å². The summed E-state index contributed by atoms with van der Waals surface area (Å²) in [6, 6.07) is 2.96. The van der Waals surface area contributed by atoms with Gasteiger partial charge in [0.25, 0.3) is 10.0 Å². The predicted molar refractivity (Wildman–Crippen MR) is 66.2 cm³/mol. The fraction of sp³-hybridized carbons (Fsp3) is 0.222. The van der Waals surface area contributed by atoms with Gasteiger partial charge in [-0.3, -0.25) is 4.40 Å². The summed E-state index contributed by atoms with van der Waals surface area (Å²) in [4.78, 5) is 3.79. The number of methoxy groups -OCH3 is 1. The zero-order chi connectivity index (χ0) is 14.4. The number of imidazole rings is 1. The Morgan fingerprint density at radius 2 is 1.89 bits per heavy atom. The molecule has 19 heavy (non-hydrogen) atoms. The van der Waals surface area contributed by atoms with E-state index in [1.807, 2.05) is 0 Å². The summed E-state index contributed by atoms with van der Waals surface area (Å²) in [6.45, 7) is 0. The average Bonchev–Trinajstić information content (AvgIpc) is 2.66. The number of hydrogen-bond donors (Lipinski definition) is 1. The normalized spacial score (nSPS) is 12.8. The van der Waals surface area contributed by atoms with Gasteiger partial charge in [0, 0.05) is 6.26 Å². The van der Waals surface area contributed by atoms with Gasteiger partial charge in [-0.1, -0.05) is 0 Å². The van der Waals surface area contributed by atoms with Crippen molar-refractivity contribution in [2.24, 2.45) is 5.14 Å². The Bertz CT molecular complexity index is 851. The van der Waals surface area contributed by atoms with Gasteiger partial charge in [0.15, 0.2) is 19.9 Å². The van der Waals surface area contributed by atoms with E-state index in [4.69, 9.17) is 9.88 Å². The lowest BCUT2D eigenvalue weighted by Crippen LogP contribution is -2.18. The first-order valence-electron chi connectivity index (χ1n) is 4.93. The van der Waals surface area contributed by atoms with Crippen molar-refractivity contribution in [3.8, 4) is 5.75 Å². The molecule has 0 bridgehead atoms. The van der Waals surface area contributed by atoms with E-state index in [-0.39, 0.29) is 5.65 Å². The zero-order valence-electron chi connectivity index (χ0n) is 10.1. The molecule has 2 N–H and O–H groups in total. The van der Waals surface area contributed by atoms with Crippen LogP contribution in [0, 0.1) is 0 Å². The van der Waals surface area contributed by atoms with E-state index in [1.54, 1.807) is 0 Å². The van der Waals surface area contributed by atoms with Crippen molar-refractivity contribution in [2.45, 2.75) is 10.1 Å². The molecule has 0 fully saturated rings. The molecule has 0 atom stereocenters. The maximum atomic E-state index is 11.6. The van der Waals surface area contributed by atoms with Crippen LogP contribution in [0.3, 0.4) is 0 Å². The SMILES string of the molecule is COc1ccc2nc(S(C)(=O)=O)c(S(N)(=O)=O)n2c1. The number of aromatic nitrogens is 2. The lowest BCUT2D eigenvalue weighted by molar-refractivity contribution is 0.412. The molecule has 8 nitrogen and oxygen atoms in total. The molecule has 0 aliphatic carbocycles. The standard InChI is InChI=1S/C9H11N3O5S2/c1-17-6-3-4-7-11-8(18(2,13)14)9(12(7)5-6)19(10,15)16/h3-5H,1-2H3,(H2,10,15,16). The van der Waals surface area contributed by atoms with Crippen LogP contribution in [0.15, 0.2) is 28.4 Å². The monoisotopic (exact) mass is 305 g/mol. The molecular weight excluding hydrogens is 294 g/mol. The Balaban J connectivity index is 3.00. The summed E-state index contributed by atoms with van der Waals surface area (Å²) in [5.74, 6) is 0.342. The third-order valence-corrected chi connectivity index (χ3v) is 4.42. The number of rotatable bonds is 3. The summed E-state index contributed by atoms with van der Waals surface area (Å²) in [5, 5.41) is 3.90.